The van der Waals surface area contributed by atoms with Crippen LogP contribution in [-0.4, -0.2) is 12.1 Å². The fourth-order valence-electron chi connectivity index (χ4n) is 2.24. The topological polar surface area (TPSA) is 42.1 Å². The van der Waals surface area contributed by atoms with Crippen molar-refractivity contribution in [2.45, 2.75) is 0 Å². The Hall–Kier alpha value is -2.26. The van der Waals surface area contributed by atoms with Gasteiger partial charge in [0.25, 0.3) is 0 Å². The first-order chi connectivity index (χ1) is 9.69. The number of hydrogen-bond acceptors (Lipinski definition) is 2. The zero-order valence-electron chi connectivity index (χ0n) is 10.8. The summed E-state index contributed by atoms with van der Waals surface area (Å²) in [6, 6.07) is 14.3. The van der Waals surface area contributed by atoms with E-state index in [0.29, 0.717) is 27.4 Å². The molecule has 20 heavy (non-hydrogen) atoms. The summed E-state index contributed by atoms with van der Waals surface area (Å²) in [6.45, 7) is 0. The van der Waals surface area contributed by atoms with Crippen molar-refractivity contribution >= 4 is 22.5 Å². The van der Waals surface area contributed by atoms with Crippen molar-refractivity contribution in [2.75, 3.05) is 7.11 Å². The van der Waals surface area contributed by atoms with E-state index in [0.717, 1.165) is 5.56 Å². The molecule has 0 fully saturated rings. The molecule has 3 rings (SSSR count). The number of H-pyrrole nitrogens is 1. The molecule has 3 nitrogen and oxygen atoms in total. The summed E-state index contributed by atoms with van der Waals surface area (Å²) in [5.41, 5.74) is 2.22. The van der Waals surface area contributed by atoms with Crippen molar-refractivity contribution in [1.29, 1.82) is 0 Å². The molecule has 1 heterocycles. The average Bonchev–Trinajstić information content (AvgIpc) is 2.46. The first kappa shape index (κ1) is 12.8. The van der Waals surface area contributed by atoms with Crippen molar-refractivity contribution in [1.82, 2.24) is 4.98 Å². The van der Waals surface area contributed by atoms with Gasteiger partial charge in [0.2, 0.25) is 0 Å². The minimum Gasteiger partial charge on any atom is -0.496 e. The van der Waals surface area contributed by atoms with Crippen LogP contribution in [0.15, 0.2) is 53.3 Å². The Morgan fingerprint density at radius 1 is 1.10 bits per heavy atom. The molecule has 1 N–H and O–H groups in total. The molecule has 0 saturated carbocycles. The van der Waals surface area contributed by atoms with E-state index in [-0.39, 0.29) is 5.43 Å². The number of pyridine rings is 1. The second-order valence-corrected chi connectivity index (χ2v) is 4.87. The third-order valence-corrected chi connectivity index (χ3v) is 3.42. The molecule has 0 bridgehead atoms. The van der Waals surface area contributed by atoms with Gasteiger partial charge in [0.1, 0.15) is 5.75 Å². The second kappa shape index (κ2) is 5.02. The van der Waals surface area contributed by atoms with Gasteiger partial charge in [0.05, 0.1) is 18.3 Å². The summed E-state index contributed by atoms with van der Waals surface area (Å²) in [4.78, 5) is 15.4. The molecule has 2 aromatic carbocycles. The van der Waals surface area contributed by atoms with Crippen LogP contribution in [0.25, 0.3) is 22.2 Å². The molecule has 3 aromatic rings. The van der Waals surface area contributed by atoms with Gasteiger partial charge < -0.3 is 9.72 Å². The van der Waals surface area contributed by atoms with E-state index in [9.17, 15) is 4.79 Å². The smallest absolute Gasteiger partial charge is 0.190 e. The number of halogens is 1. The van der Waals surface area contributed by atoms with Crippen LogP contribution < -0.4 is 10.2 Å². The first-order valence-electron chi connectivity index (χ1n) is 6.15. The number of para-hydroxylation sites is 1. The number of fused-ring (bicyclic) bond motifs is 1. The van der Waals surface area contributed by atoms with Gasteiger partial charge in [0, 0.05) is 22.0 Å². The van der Waals surface area contributed by atoms with Gasteiger partial charge in [-0.15, -0.1) is 0 Å². The normalized spacial score (nSPS) is 10.7. The lowest BCUT2D eigenvalue weighted by molar-refractivity contribution is 0.416. The molecule has 100 valence electrons. The summed E-state index contributed by atoms with van der Waals surface area (Å²) < 4.78 is 5.33. The SMILES string of the molecule is COc1ccccc1-c1cc(=O)c2ccc(Cl)cc2[nH]1. The van der Waals surface area contributed by atoms with E-state index in [2.05, 4.69) is 4.98 Å². The van der Waals surface area contributed by atoms with E-state index in [4.69, 9.17) is 16.3 Å². The first-order valence-corrected chi connectivity index (χ1v) is 6.53. The largest absolute Gasteiger partial charge is 0.496 e. The standard InChI is InChI=1S/C16H12ClNO2/c1-20-16-5-3-2-4-12(16)14-9-15(19)11-7-6-10(17)8-13(11)18-14/h2-9H,1H3,(H,18,19). The van der Waals surface area contributed by atoms with Gasteiger partial charge in [-0.05, 0) is 30.3 Å². The third-order valence-electron chi connectivity index (χ3n) is 3.19. The van der Waals surface area contributed by atoms with Gasteiger partial charge in [0.15, 0.2) is 5.43 Å². The maximum atomic E-state index is 12.2. The Morgan fingerprint density at radius 3 is 2.70 bits per heavy atom. The Morgan fingerprint density at radius 2 is 1.90 bits per heavy atom. The summed E-state index contributed by atoms with van der Waals surface area (Å²) in [6.07, 6.45) is 0. The lowest BCUT2D eigenvalue weighted by Gasteiger charge is -2.09. The minimum atomic E-state index is -0.0451. The summed E-state index contributed by atoms with van der Waals surface area (Å²) in [7, 11) is 1.61. The Balaban J connectivity index is 2.29. The van der Waals surface area contributed by atoms with Gasteiger partial charge in [-0.25, -0.2) is 0 Å². The van der Waals surface area contributed by atoms with Crippen LogP contribution in [0.2, 0.25) is 5.02 Å². The van der Waals surface area contributed by atoms with E-state index >= 15 is 0 Å². The molecule has 0 aliphatic carbocycles. The maximum absolute atomic E-state index is 12.2. The summed E-state index contributed by atoms with van der Waals surface area (Å²) in [5, 5.41) is 1.21. The predicted molar refractivity (Wildman–Crippen MR) is 81.6 cm³/mol. The number of aromatic amines is 1. The lowest BCUT2D eigenvalue weighted by atomic mass is 10.1. The molecular formula is C16H12ClNO2. The van der Waals surface area contributed by atoms with Crippen molar-refractivity contribution in [2.24, 2.45) is 0 Å². The monoisotopic (exact) mass is 285 g/mol. The highest BCUT2D eigenvalue weighted by atomic mass is 35.5. The van der Waals surface area contributed by atoms with E-state index in [1.165, 1.54) is 0 Å². The number of hydrogen-bond donors (Lipinski definition) is 1. The number of ether oxygens (including phenoxy) is 1. The molecule has 0 unspecified atom stereocenters. The highest BCUT2D eigenvalue weighted by molar-refractivity contribution is 6.31. The van der Waals surface area contributed by atoms with Crippen LogP contribution in [0.5, 0.6) is 5.75 Å². The molecule has 0 aliphatic heterocycles. The van der Waals surface area contributed by atoms with Crippen molar-refractivity contribution in [3.8, 4) is 17.0 Å². The van der Waals surface area contributed by atoms with E-state index < -0.39 is 0 Å². The maximum Gasteiger partial charge on any atom is 0.190 e. The summed E-state index contributed by atoms with van der Waals surface area (Å²) >= 11 is 5.98. The number of nitrogens with one attached hydrogen (secondary N) is 1. The Bertz CT molecular complexity index is 839. The van der Waals surface area contributed by atoms with Crippen LogP contribution in [0, 0.1) is 0 Å². The van der Waals surface area contributed by atoms with Crippen LogP contribution in [-0.2, 0) is 0 Å². The zero-order valence-corrected chi connectivity index (χ0v) is 11.6. The van der Waals surface area contributed by atoms with Crippen molar-refractivity contribution in [3.63, 3.8) is 0 Å². The fourth-order valence-corrected chi connectivity index (χ4v) is 2.41. The van der Waals surface area contributed by atoms with Gasteiger partial charge in [-0.2, -0.15) is 0 Å². The predicted octanol–water partition coefficient (Wildman–Crippen LogP) is 3.86. The average molecular weight is 286 g/mol. The highest BCUT2D eigenvalue weighted by Crippen LogP contribution is 2.28. The number of aromatic nitrogens is 1. The molecule has 1 aromatic heterocycles. The second-order valence-electron chi connectivity index (χ2n) is 4.44. The zero-order chi connectivity index (χ0) is 14.1. The van der Waals surface area contributed by atoms with Gasteiger partial charge in [-0.1, -0.05) is 23.7 Å². The molecule has 0 saturated heterocycles. The van der Waals surface area contributed by atoms with E-state index in [1.807, 2.05) is 24.3 Å². The van der Waals surface area contributed by atoms with Crippen LogP contribution >= 0.6 is 11.6 Å². The minimum absolute atomic E-state index is 0.0451. The van der Waals surface area contributed by atoms with Gasteiger partial charge in [-0.3, -0.25) is 4.79 Å². The molecule has 0 amide bonds. The third kappa shape index (κ3) is 2.17. The number of rotatable bonds is 2. The van der Waals surface area contributed by atoms with Crippen molar-refractivity contribution in [3.05, 3.63) is 63.8 Å². The molecule has 0 atom stereocenters. The fraction of sp³-hybridized carbons (Fsp3) is 0.0625. The highest BCUT2D eigenvalue weighted by Gasteiger charge is 2.08. The molecule has 4 heteroatoms. The molecular weight excluding hydrogens is 274 g/mol. The van der Waals surface area contributed by atoms with Crippen LogP contribution in [0.4, 0.5) is 0 Å². The van der Waals surface area contributed by atoms with Crippen LogP contribution in [0.3, 0.4) is 0 Å². The summed E-state index contributed by atoms with van der Waals surface area (Å²) in [5.74, 6) is 0.713. The quantitative estimate of drug-likeness (QED) is 0.777. The lowest BCUT2D eigenvalue weighted by Crippen LogP contribution is -2.03. The van der Waals surface area contributed by atoms with Crippen molar-refractivity contribution < 1.29 is 4.74 Å². The number of methoxy groups -OCH3 is 1. The number of benzene rings is 2. The Labute approximate surface area is 120 Å². The van der Waals surface area contributed by atoms with Gasteiger partial charge >= 0.3 is 0 Å². The van der Waals surface area contributed by atoms with Crippen LogP contribution in [0.1, 0.15) is 0 Å². The molecule has 0 radical (unpaired) electrons. The molecule has 0 aliphatic rings. The molecule has 0 spiro atoms. The Kier molecular flexibility index (Phi) is 3.20. The van der Waals surface area contributed by atoms with E-state index in [1.54, 1.807) is 31.4 Å².